The average molecular weight is 280 g/mol. The number of imidazole rings is 1. The summed E-state index contributed by atoms with van der Waals surface area (Å²) in [5.74, 6) is 7.14. The third kappa shape index (κ3) is 4.05. The Morgan fingerprint density at radius 1 is 1.42 bits per heavy atom. The highest BCUT2D eigenvalue weighted by Gasteiger charge is 2.11. The van der Waals surface area contributed by atoms with Gasteiger partial charge in [-0.25, -0.2) is 9.37 Å². The standard InChI is InChI=1S/C13H17FN4S/c1-18-7-6-16-13(18)8-11(17-15)9-19-12-4-2-10(14)3-5-12/h2-7,11,17H,8-9,15H2,1H3. The molecule has 0 radical (unpaired) electrons. The highest BCUT2D eigenvalue weighted by Crippen LogP contribution is 2.19. The van der Waals surface area contributed by atoms with Crippen LogP contribution in [0.4, 0.5) is 4.39 Å². The minimum Gasteiger partial charge on any atom is -0.338 e. The Hall–Kier alpha value is -1.37. The molecule has 0 bridgehead atoms. The minimum absolute atomic E-state index is 0.121. The molecule has 0 amide bonds. The largest absolute Gasteiger partial charge is 0.338 e. The average Bonchev–Trinajstić information content (AvgIpc) is 2.82. The zero-order valence-electron chi connectivity index (χ0n) is 10.7. The Morgan fingerprint density at radius 2 is 2.16 bits per heavy atom. The van der Waals surface area contributed by atoms with Gasteiger partial charge in [0, 0.05) is 42.6 Å². The van der Waals surface area contributed by atoms with Crippen molar-refractivity contribution in [3.05, 3.63) is 48.3 Å². The third-order valence-electron chi connectivity index (χ3n) is 2.85. The van der Waals surface area contributed by atoms with E-state index in [2.05, 4.69) is 10.4 Å². The maximum Gasteiger partial charge on any atom is 0.123 e. The summed E-state index contributed by atoms with van der Waals surface area (Å²) in [7, 11) is 1.96. The number of hydrazine groups is 1. The fourth-order valence-corrected chi connectivity index (χ4v) is 2.64. The highest BCUT2D eigenvalue weighted by atomic mass is 32.2. The van der Waals surface area contributed by atoms with Crippen LogP contribution in [-0.4, -0.2) is 21.3 Å². The molecule has 0 fully saturated rings. The summed E-state index contributed by atoms with van der Waals surface area (Å²) < 4.78 is 14.8. The van der Waals surface area contributed by atoms with Crippen molar-refractivity contribution < 1.29 is 4.39 Å². The van der Waals surface area contributed by atoms with Gasteiger partial charge < -0.3 is 4.57 Å². The van der Waals surface area contributed by atoms with E-state index in [0.29, 0.717) is 0 Å². The number of halogens is 1. The molecule has 1 heterocycles. The molecular weight excluding hydrogens is 263 g/mol. The fraction of sp³-hybridized carbons (Fsp3) is 0.308. The maximum absolute atomic E-state index is 12.8. The topological polar surface area (TPSA) is 55.9 Å². The highest BCUT2D eigenvalue weighted by molar-refractivity contribution is 7.99. The van der Waals surface area contributed by atoms with Crippen LogP contribution < -0.4 is 11.3 Å². The van der Waals surface area contributed by atoms with Crippen LogP contribution in [-0.2, 0) is 13.5 Å². The van der Waals surface area contributed by atoms with Gasteiger partial charge >= 0.3 is 0 Å². The van der Waals surface area contributed by atoms with E-state index in [9.17, 15) is 4.39 Å². The van der Waals surface area contributed by atoms with Crippen molar-refractivity contribution >= 4 is 11.8 Å². The molecule has 102 valence electrons. The Morgan fingerprint density at radius 3 is 2.74 bits per heavy atom. The molecule has 0 saturated carbocycles. The lowest BCUT2D eigenvalue weighted by Gasteiger charge is -2.15. The minimum atomic E-state index is -0.217. The van der Waals surface area contributed by atoms with E-state index in [1.165, 1.54) is 12.1 Å². The van der Waals surface area contributed by atoms with E-state index in [0.717, 1.165) is 22.9 Å². The van der Waals surface area contributed by atoms with Gasteiger partial charge in [-0.2, -0.15) is 0 Å². The number of rotatable bonds is 6. The van der Waals surface area contributed by atoms with Gasteiger partial charge in [0.2, 0.25) is 0 Å². The number of aromatic nitrogens is 2. The first-order valence-electron chi connectivity index (χ1n) is 5.99. The van der Waals surface area contributed by atoms with E-state index < -0.39 is 0 Å². The second kappa shape index (κ2) is 6.70. The van der Waals surface area contributed by atoms with Crippen LogP contribution in [0.2, 0.25) is 0 Å². The van der Waals surface area contributed by atoms with Gasteiger partial charge in [-0.1, -0.05) is 0 Å². The first-order valence-corrected chi connectivity index (χ1v) is 6.98. The Balaban J connectivity index is 1.89. The number of hydrogen-bond acceptors (Lipinski definition) is 4. The van der Waals surface area contributed by atoms with Gasteiger partial charge in [-0.05, 0) is 24.3 Å². The van der Waals surface area contributed by atoms with Gasteiger partial charge in [-0.15, -0.1) is 11.8 Å². The van der Waals surface area contributed by atoms with Crippen LogP contribution in [0.15, 0.2) is 41.6 Å². The van der Waals surface area contributed by atoms with Crippen LogP contribution in [0.3, 0.4) is 0 Å². The molecule has 1 aromatic carbocycles. The summed E-state index contributed by atoms with van der Waals surface area (Å²) in [5.41, 5.74) is 2.80. The van der Waals surface area contributed by atoms with E-state index >= 15 is 0 Å². The molecule has 1 atom stereocenters. The summed E-state index contributed by atoms with van der Waals surface area (Å²) in [5, 5.41) is 0. The zero-order valence-corrected chi connectivity index (χ0v) is 11.5. The number of thioether (sulfide) groups is 1. The smallest absolute Gasteiger partial charge is 0.123 e. The molecule has 0 aliphatic carbocycles. The van der Waals surface area contributed by atoms with E-state index in [4.69, 9.17) is 5.84 Å². The lowest BCUT2D eigenvalue weighted by Crippen LogP contribution is -2.39. The van der Waals surface area contributed by atoms with E-state index in [1.807, 2.05) is 17.8 Å². The van der Waals surface area contributed by atoms with Crippen molar-refractivity contribution in [2.45, 2.75) is 17.4 Å². The van der Waals surface area contributed by atoms with Crippen molar-refractivity contribution in [2.24, 2.45) is 12.9 Å². The molecule has 4 nitrogen and oxygen atoms in total. The Labute approximate surface area is 116 Å². The van der Waals surface area contributed by atoms with Crippen molar-refractivity contribution in [3.8, 4) is 0 Å². The van der Waals surface area contributed by atoms with Crippen molar-refractivity contribution in [2.75, 3.05) is 5.75 Å². The van der Waals surface area contributed by atoms with Crippen LogP contribution in [0, 0.1) is 5.82 Å². The molecular formula is C13H17FN4S. The van der Waals surface area contributed by atoms with E-state index in [-0.39, 0.29) is 11.9 Å². The summed E-state index contributed by atoms with van der Waals surface area (Å²) in [6.45, 7) is 0. The molecule has 0 aliphatic rings. The molecule has 2 aromatic rings. The predicted molar refractivity (Wildman–Crippen MR) is 75.1 cm³/mol. The number of nitrogens with one attached hydrogen (secondary N) is 1. The Kier molecular flexibility index (Phi) is 4.95. The molecule has 6 heteroatoms. The summed E-state index contributed by atoms with van der Waals surface area (Å²) >= 11 is 1.64. The monoisotopic (exact) mass is 280 g/mol. The number of aryl methyl sites for hydroxylation is 1. The van der Waals surface area contributed by atoms with Gasteiger partial charge in [0.25, 0.3) is 0 Å². The normalized spacial score (nSPS) is 12.6. The molecule has 0 aliphatic heterocycles. The zero-order chi connectivity index (χ0) is 13.7. The second-order valence-electron chi connectivity index (χ2n) is 4.29. The predicted octanol–water partition coefficient (Wildman–Crippen LogP) is 1.73. The number of nitrogens with two attached hydrogens (primary N) is 1. The molecule has 2 rings (SSSR count). The summed E-state index contributed by atoms with van der Waals surface area (Å²) in [4.78, 5) is 5.31. The first-order chi connectivity index (χ1) is 9.19. The molecule has 1 aromatic heterocycles. The quantitative estimate of drug-likeness (QED) is 0.481. The fourth-order valence-electron chi connectivity index (χ4n) is 1.71. The van der Waals surface area contributed by atoms with Gasteiger partial charge in [0.1, 0.15) is 11.6 Å². The van der Waals surface area contributed by atoms with Crippen molar-refractivity contribution in [1.29, 1.82) is 0 Å². The third-order valence-corrected chi connectivity index (χ3v) is 4.02. The van der Waals surface area contributed by atoms with Crippen LogP contribution >= 0.6 is 11.8 Å². The molecule has 0 spiro atoms. The van der Waals surface area contributed by atoms with Crippen molar-refractivity contribution in [3.63, 3.8) is 0 Å². The number of nitrogens with zero attached hydrogens (tertiary/aromatic N) is 2. The molecule has 19 heavy (non-hydrogen) atoms. The first kappa shape index (κ1) is 14.0. The van der Waals surface area contributed by atoms with Crippen LogP contribution in [0.25, 0.3) is 0 Å². The maximum atomic E-state index is 12.8. The molecule has 0 saturated heterocycles. The SMILES string of the molecule is Cn1ccnc1CC(CSc1ccc(F)cc1)NN. The summed E-state index contributed by atoms with van der Waals surface area (Å²) in [6.07, 6.45) is 4.44. The number of benzene rings is 1. The lowest BCUT2D eigenvalue weighted by molar-refractivity contribution is 0.552. The Bertz CT molecular complexity index is 512. The van der Waals surface area contributed by atoms with Crippen LogP contribution in [0.1, 0.15) is 5.82 Å². The van der Waals surface area contributed by atoms with E-state index in [1.54, 1.807) is 30.1 Å². The lowest BCUT2D eigenvalue weighted by atomic mass is 10.2. The van der Waals surface area contributed by atoms with Gasteiger partial charge in [0.05, 0.1) is 0 Å². The summed E-state index contributed by atoms with van der Waals surface area (Å²) in [6, 6.07) is 6.59. The van der Waals surface area contributed by atoms with Gasteiger partial charge in [-0.3, -0.25) is 11.3 Å². The molecule has 1 unspecified atom stereocenters. The second-order valence-corrected chi connectivity index (χ2v) is 5.38. The number of hydrogen-bond donors (Lipinski definition) is 2. The molecule has 3 N–H and O–H groups in total. The van der Waals surface area contributed by atoms with Crippen molar-refractivity contribution in [1.82, 2.24) is 15.0 Å². The van der Waals surface area contributed by atoms with Gasteiger partial charge in [0.15, 0.2) is 0 Å². The van der Waals surface area contributed by atoms with Crippen LogP contribution in [0.5, 0.6) is 0 Å².